The summed E-state index contributed by atoms with van der Waals surface area (Å²) in [6.45, 7) is 2.46. The molecule has 0 saturated carbocycles. The van der Waals surface area contributed by atoms with Crippen molar-refractivity contribution in [3.63, 3.8) is 0 Å². The fraction of sp³-hybridized carbons (Fsp3) is 0.200. The summed E-state index contributed by atoms with van der Waals surface area (Å²) in [6, 6.07) is 4.70. The molecule has 1 heterocycles. The van der Waals surface area contributed by atoms with Gasteiger partial charge >= 0.3 is 0 Å². The maximum atomic E-state index is 13.5. The van der Waals surface area contributed by atoms with Gasteiger partial charge in [-0.2, -0.15) is 0 Å². The fourth-order valence-corrected chi connectivity index (χ4v) is 1.87. The number of pyridine rings is 1. The summed E-state index contributed by atoms with van der Waals surface area (Å²) in [7, 11) is 0. The lowest BCUT2D eigenvalue weighted by molar-refractivity contribution is 0.0951. The zero-order valence-corrected chi connectivity index (χ0v) is 11.5. The van der Waals surface area contributed by atoms with Gasteiger partial charge in [-0.1, -0.05) is 0 Å². The highest BCUT2D eigenvalue weighted by Crippen LogP contribution is 2.14. The predicted octanol–water partition coefficient (Wildman–Crippen LogP) is 2.72. The van der Waals surface area contributed by atoms with E-state index in [0.29, 0.717) is 17.8 Å². The second kappa shape index (κ2) is 6.78. The Bertz CT molecular complexity index is 647. The Morgan fingerprint density at radius 2 is 2.10 bits per heavy atom. The molecule has 0 unspecified atom stereocenters. The minimum atomic E-state index is -0.557. The van der Waals surface area contributed by atoms with E-state index in [1.807, 2.05) is 6.92 Å². The molecule has 6 heteroatoms. The van der Waals surface area contributed by atoms with Gasteiger partial charge in [0.15, 0.2) is 0 Å². The second-order valence-corrected chi connectivity index (χ2v) is 4.37. The number of anilines is 1. The van der Waals surface area contributed by atoms with Gasteiger partial charge in [0, 0.05) is 24.8 Å². The molecule has 2 N–H and O–H groups in total. The first-order valence-corrected chi connectivity index (χ1v) is 6.51. The Labute approximate surface area is 121 Å². The number of amides is 1. The topological polar surface area (TPSA) is 54.0 Å². The first-order chi connectivity index (χ1) is 10.1. The van der Waals surface area contributed by atoms with Crippen LogP contribution in [0.15, 0.2) is 36.7 Å². The van der Waals surface area contributed by atoms with Crippen LogP contribution in [0.25, 0.3) is 0 Å². The summed E-state index contributed by atoms with van der Waals surface area (Å²) in [4.78, 5) is 16.1. The van der Waals surface area contributed by atoms with Gasteiger partial charge < -0.3 is 10.6 Å². The highest BCUT2D eigenvalue weighted by atomic mass is 19.1. The maximum absolute atomic E-state index is 13.5. The van der Waals surface area contributed by atoms with Gasteiger partial charge in [0.25, 0.3) is 5.91 Å². The largest absolute Gasteiger partial charge is 0.383 e. The molecule has 1 aromatic heterocycles. The van der Waals surface area contributed by atoms with Gasteiger partial charge in [-0.25, -0.2) is 8.78 Å². The van der Waals surface area contributed by atoms with Crippen LogP contribution in [0.5, 0.6) is 0 Å². The number of rotatable bonds is 5. The zero-order chi connectivity index (χ0) is 15.2. The molecular formula is C15H15F2N3O. The third kappa shape index (κ3) is 3.75. The van der Waals surface area contributed by atoms with E-state index in [4.69, 9.17) is 0 Å². The van der Waals surface area contributed by atoms with Crippen LogP contribution in [0.4, 0.5) is 14.5 Å². The summed E-state index contributed by atoms with van der Waals surface area (Å²) in [5.41, 5.74) is 1.10. The van der Waals surface area contributed by atoms with Crippen LogP contribution in [-0.4, -0.2) is 17.4 Å². The smallest absolute Gasteiger partial charge is 0.253 e. The van der Waals surface area contributed by atoms with Crippen molar-refractivity contribution in [2.24, 2.45) is 0 Å². The monoisotopic (exact) mass is 291 g/mol. The van der Waals surface area contributed by atoms with E-state index >= 15 is 0 Å². The number of aromatic nitrogens is 1. The van der Waals surface area contributed by atoms with Crippen LogP contribution >= 0.6 is 0 Å². The van der Waals surface area contributed by atoms with E-state index in [9.17, 15) is 13.6 Å². The van der Waals surface area contributed by atoms with Crippen molar-refractivity contribution in [2.45, 2.75) is 13.5 Å². The maximum Gasteiger partial charge on any atom is 0.253 e. The van der Waals surface area contributed by atoms with Crippen LogP contribution in [-0.2, 0) is 6.54 Å². The third-order valence-corrected chi connectivity index (χ3v) is 2.88. The van der Waals surface area contributed by atoms with Crippen LogP contribution in [0.2, 0.25) is 0 Å². The van der Waals surface area contributed by atoms with Gasteiger partial charge in [-0.3, -0.25) is 9.78 Å². The molecule has 0 spiro atoms. The molecule has 0 aliphatic heterocycles. The molecule has 21 heavy (non-hydrogen) atoms. The minimum absolute atomic E-state index is 0.0870. The lowest BCUT2D eigenvalue weighted by Gasteiger charge is -2.11. The predicted molar refractivity (Wildman–Crippen MR) is 75.9 cm³/mol. The van der Waals surface area contributed by atoms with E-state index in [2.05, 4.69) is 15.6 Å². The summed E-state index contributed by atoms with van der Waals surface area (Å²) in [6.07, 6.45) is 3.04. The van der Waals surface area contributed by atoms with Crippen LogP contribution in [0.1, 0.15) is 22.8 Å². The Hall–Kier alpha value is -2.50. The molecule has 0 bridgehead atoms. The molecule has 0 atom stereocenters. The van der Waals surface area contributed by atoms with Crippen molar-refractivity contribution in [3.05, 3.63) is 59.4 Å². The van der Waals surface area contributed by atoms with Crippen molar-refractivity contribution in [3.8, 4) is 0 Å². The highest BCUT2D eigenvalue weighted by molar-refractivity contribution is 5.99. The molecule has 0 fully saturated rings. The van der Waals surface area contributed by atoms with Gasteiger partial charge in [0.05, 0.1) is 17.4 Å². The molecule has 1 aromatic carbocycles. The Morgan fingerprint density at radius 3 is 2.86 bits per heavy atom. The Morgan fingerprint density at radius 1 is 1.29 bits per heavy atom. The molecule has 0 radical (unpaired) electrons. The molecule has 110 valence electrons. The number of nitrogens with one attached hydrogen (secondary N) is 2. The number of nitrogens with zero attached hydrogens (tertiary/aromatic N) is 1. The Balaban J connectivity index is 2.10. The van der Waals surface area contributed by atoms with E-state index in [1.165, 1.54) is 6.20 Å². The number of halogens is 2. The second-order valence-electron chi connectivity index (χ2n) is 4.37. The van der Waals surface area contributed by atoms with Crippen molar-refractivity contribution >= 4 is 11.6 Å². The van der Waals surface area contributed by atoms with E-state index < -0.39 is 11.6 Å². The lowest BCUT2D eigenvalue weighted by Crippen LogP contribution is -2.24. The number of hydrogen-bond donors (Lipinski definition) is 2. The van der Waals surface area contributed by atoms with Crippen molar-refractivity contribution in [1.82, 2.24) is 10.3 Å². The first-order valence-electron chi connectivity index (χ1n) is 6.51. The zero-order valence-electron chi connectivity index (χ0n) is 11.5. The van der Waals surface area contributed by atoms with Crippen molar-refractivity contribution in [2.75, 3.05) is 11.9 Å². The van der Waals surface area contributed by atoms with Gasteiger partial charge in [0.2, 0.25) is 0 Å². The van der Waals surface area contributed by atoms with Crippen molar-refractivity contribution < 1.29 is 13.6 Å². The Kier molecular flexibility index (Phi) is 4.81. The summed E-state index contributed by atoms with van der Waals surface area (Å²) in [5.74, 6) is -1.48. The minimum Gasteiger partial charge on any atom is -0.383 e. The highest BCUT2D eigenvalue weighted by Gasteiger charge is 2.12. The molecule has 2 aromatic rings. The van der Waals surface area contributed by atoms with Crippen LogP contribution in [0.3, 0.4) is 0 Å². The first kappa shape index (κ1) is 14.9. The molecule has 1 amide bonds. The third-order valence-electron chi connectivity index (χ3n) is 2.88. The molecule has 4 nitrogen and oxygen atoms in total. The number of benzene rings is 1. The van der Waals surface area contributed by atoms with E-state index in [1.54, 1.807) is 12.3 Å². The van der Waals surface area contributed by atoms with E-state index in [-0.39, 0.29) is 18.0 Å². The number of hydrogen-bond acceptors (Lipinski definition) is 3. The lowest BCUT2D eigenvalue weighted by atomic mass is 10.1. The number of carbonyl (C=O) groups excluding carboxylic acids is 1. The molecule has 2 rings (SSSR count). The molecule has 0 saturated heterocycles. The molecular weight excluding hydrogens is 276 g/mol. The number of carbonyl (C=O) groups is 1. The van der Waals surface area contributed by atoms with Crippen molar-refractivity contribution in [1.29, 1.82) is 0 Å². The average molecular weight is 291 g/mol. The normalized spacial score (nSPS) is 10.2. The van der Waals surface area contributed by atoms with Gasteiger partial charge in [0.1, 0.15) is 11.6 Å². The van der Waals surface area contributed by atoms with Crippen LogP contribution < -0.4 is 10.6 Å². The summed E-state index contributed by atoms with van der Waals surface area (Å²) >= 11 is 0. The quantitative estimate of drug-likeness (QED) is 0.890. The molecule has 0 aliphatic rings. The standard InChI is InChI=1S/C15H15F2N3O/c1-2-19-14-9-18-6-5-12(14)15(21)20-8-10-7-11(16)3-4-13(10)17/h3-7,9,19H,2,8H2,1H3,(H,20,21). The van der Waals surface area contributed by atoms with Gasteiger partial charge in [-0.05, 0) is 31.2 Å². The van der Waals surface area contributed by atoms with Crippen LogP contribution in [0, 0.1) is 11.6 Å². The summed E-state index contributed by atoms with van der Waals surface area (Å²) < 4.78 is 26.5. The SMILES string of the molecule is CCNc1cnccc1C(=O)NCc1cc(F)ccc1F. The summed E-state index contributed by atoms with van der Waals surface area (Å²) in [5, 5.41) is 5.59. The average Bonchev–Trinajstić information content (AvgIpc) is 2.49. The fourth-order valence-electron chi connectivity index (χ4n) is 1.87. The van der Waals surface area contributed by atoms with E-state index in [0.717, 1.165) is 18.2 Å². The van der Waals surface area contributed by atoms with Gasteiger partial charge in [-0.15, -0.1) is 0 Å². The molecule has 0 aliphatic carbocycles.